The fourth-order valence-electron chi connectivity index (χ4n) is 3.83. The zero-order valence-electron chi connectivity index (χ0n) is 17.6. The summed E-state index contributed by atoms with van der Waals surface area (Å²) in [6, 6.07) is 13.0. The van der Waals surface area contributed by atoms with Crippen molar-refractivity contribution in [3.05, 3.63) is 58.5 Å². The number of hydrogen-bond acceptors (Lipinski definition) is 7. The molecule has 1 N–H and O–H groups in total. The van der Waals surface area contributed by atoms with Gasteiger partial charge < -0.3 is 24.3 Å². The van der Waals surface area contributed by atoms with Gasteiger partial charge in [-0.05, 0) is 72.9 Å². The number of esters is 1. The van der Waals surface area contributed by atoms with Crippen molar-refractivity contribution in [3.63, 3.8) is 0 Å². The molecule has 2 aromatic carbocycles. The van der Waals surface area contributed by atoms with Gasteiger partial charge in [-0.1, -0.05) is 0 Å². The number of hydrogen-bond donors (Lipinski definition) is 1. The maximum Gasteiger partial charge on any atom is 0.349 e. The van der Waals surface area contributed by atoms with E-state index < -0.39 is 18.0 Å². The summed E-state index contributed by atoms with van der Waals surface area (Å²) in [5.41, 5.74) is 3.98. The average Bonchev–Trinajstić information content (AvgIpc) is 3.45. The van der Waals surface area contributed by atoms with Gasteiger partial charge in [-0.25, -0.2) is 4.79 Å². The molecule has 0 spiro atoms. The molecule has 5 rings (SSSR count). The summed E-state index contributed by atoms with van der Waals surface area (Å²) in [7, 11) is 1.65. The Morgan fingerprint density at radius 3 is 2.69 bits per heavy atom. The first-order chi connectivity index (χ1) is 15.5. The molecule has 0 fully saturated rings. The van der Waals surface area contributed by atoms with Gasteiger partial charge >= 0.3 is 5.97 Å². The first-order valence-electron chi connectivity index (χ1n) is 10.2. The number of rotatable bonds is 5. The van der Waals surface area contributed by atoms with Gasteiger partial charge in [-0.15, -0.1) is 11.3 Å². The number of carbonyl (C=O) groups is 2. The van der Waals surface area contributed by atoms with Gasteiger partial charge in [0.2, 0.25) is 6.79 Å². The summed E-state index contributed by atoms with van der Waals surface area (Å²) in [6.07, 6.45) is 0.780. The summed E-state index contributed by atoms with van der Waals surface area (Å²) >= 11 is 1.39. The maximum absolute atomic E-state index is 12.7. The molecule has 32 heavy (non-hydrogen) atoms. The predicted octanol–water partition coefficient (Wildman–Crippen LogP) is 4.44. The van der Waals surface area contributed by atoms with E-state index in [9.17, 15) is 9.59 Å². The van der Waals surface area contributed by atoms with Crippen LogP contribution in [0.4, 0.5) is 5.69 Å². The second kappa shape index (κ2) is 8.20. The van der Waals surface area contributed by atoms with Crippen molar-refractivity contribution in [2.75, 3.05) is 19.2 Å². The monoisotopic (exact) mass is 451 g/mol. The lowest BCUT2D eigenvalue weighted by Crippen LogP contribution is -2.29. The lowest BCUT2D eigenvalue weighted by molar-refractivity contribution is -0.123. The highest BCUT2D eigenvalue weighted by Gasteiger charge is 2.25. The fraction of sp³-hybridized carbons (Fsp3) is 0.250. The van der Waals surface area contributed by atoms with E-state index in [0.29, 0.717) is 22.1 Å². The molecule has 1 amide bonds. The third kappa shape index (κ3) is 3.78. The summed E-state index contributed by atoms with van der Waals surface area (Å²) in [5.74, 6) is 1.09. The van der Waals surface area contributed by atoms with Crippen LogP contribution in [0.25, 0.3) is 10.4 Å². The van der Waals surface area contributed by atoms with E-state index in [-0.39, 0.29) is 6.79 Å². The number of thiophene rings is 1. The molecular weight excluding hydrogens is 430 g/mol. The lowest BCUT2D eigenvalue weighted by atomic mass is 9.91. The topological polar surface area (TPSA) is 83.1 Å². The number of aryl methyl sites for hydroxylation is 2. The molecule has 1 atom stereocenters. The highest BCUT2D eigenvalue weighted by Crippen LogP contribution is 2.41. The van der Waals surface area contributed by atoms with Crippen molar-refractivity contribution in [3.8, 4) is 27.7 Å². The standard InChI is InChI=1S/C24H21NO6S/c1-13(23(26)25-16-5-8-19-20(11-16)30-12-29-19)31-24(27)21-10-15-4-3-14-9-17(28-2)6-7-18(14)22(15)32-21/h5-11,13H,3-4,12H2,1-2H3,(H,25,26)/t13-/m1/s1. The number of anilines is 1. The van der Waals surface area contributed by atoms with E-state index in [1.165, 1.54) is 16.9 Å². The molecule has 2 aliphatic rings. The Morgan fingerprint density at radius 1 is 1.03 bits per heavy atom. The van der Waals surface area contributed by atoms with Crippen LogP contribution in [0, 0.1) is 0 Å². The van der Waals surface area contributed by atoms with Crippen molar-refractivity contribution in [1.29, 1.82) is 0 Å². The number of methoxy groups -OCH3 is 1. The van der Waals surface area contributed by atoms with Crippen LogP contribution in [0.5, 0.6) is 17.2 Å². The SMILES string of the molecule is COc1ccc2c(c1)CCc1cc(C(=O)O[C@H](C)C(=O)Nc3ccc4c(c3)OCO4)sc1-2. The number of amides is 1. The molecule has 0 radical (unpaired) electrons. The van der Waals surface area contributed by atoms with Gasteiger partial charge in [-0.3, -0.25) is 4.79 Å². The number of nitrogens with one attached hydrogen (secondary N) is 1. The van der Waals surface area contributed by atoms with Crippen LogP contribution in [-0.4, -0.2) is 31.9 Å². The Kier molecular flexibility index (Phi) is 5.22. The number of fused-ring (bicyclic) bond motifs is 4. The largest absolute Gasteiger partial charge is 0.497 e. The molecule has 1 aliphatic carbocycles. The molecular formula is C24H21NO6S. The van der Waals surface area contributed by atoms with Gasteiger partial charge in [0.25, 0.3) is 5.91 Å². The molecule has 2 heterocycles. The quantitative estimate of drug-likeness (QED) is 0.578. The van der Waals surface area contributed by atoms with Gasteiger partial charge in [0.1, 0.15) is 10.6 Å². The average molecular weight is 452 g/mol. The van der Waals surface area contributed by atoms with E-state index in [0.717, 1.165) is 34.6 Å². The second-order valence-electron chi connectivity index (χ2n) is 7.59. The van der Waals surface area contributed by atoms with Crippen LogP contribution < -0.4 is 19.5 Å². The Hall–Kier alpha value is -3.52. The molecule has 164 valence electrons. The van der Waals surface area contributed by atoms with Crippen molar-refractivity contribution >= 4 is 28.9 Å². The third-order valence-corrected chi connectivity index (χ3v) is 6.71. The van der Waals surface area contributed by atoms with Crippen LogP contribution in [0.2, 0.25) is 0 Å². The minimum Gasteiger partial charge on any atom is -0.497 e. The van der Waals surface area contributed by atoms with Crippen LogP contribution in [0.1, 0.15) is 27.7 Å². The van der Waals surface area contributed by atoms with Gasteiger partial charge in [0, 0.05) is 16.6 Å². The smallest absolute Gasteiger partial charge is 0.349 e. The Balaban J connectivity index is 1.27. The summed E-state index contributed by atoms with van der Waals surface area (Å²) in [4.78, 5) is 26.8. The highest BCUT2D eigenvalue weighted by molar-refractivity contribution is 7.17. The van der Waals surface area contributed by atoms with Crippen molar-refractivity contribution in [2.45, 2.75) is 25.9 Å². The molecule has 1 aliphatic heterocycles. The van der Waals surface area contributed by atoms with Crippen LogP contribution in [-0.2, 0) is 22.4 Å². The van der Waals surface area contributed by atoms with E-state index >= 15 is 0 Å². The van der Waals surface area contributed by atoms with Crippen molar-refractivity contribution in [1.82, 2.24) is 0 Å². The molecule has 0 unspecified atom stereocenters. The highest BCUT2D eigenvalue weighted by atomic mass is 32.1. The molecule has 3 aromatic rings. The van der Waals surface area contributed by atoms with Crippen molar-refractivity contribution in [2.24, 2.45) is 0 Å². The third-order valence-electron chi connectivity index (χ3n) is 5.52. The van der Waals surface area contributed by atoms with Gasteiger partial charge in [0.05, 0.1) is 7.11 Å². The van der Waals surface area contributed by atoms with Crippen LogP contribution >= 0.6 is 11.3 Å². The van der Waals surface area contributed by atoms with Crippen molar-refractivity contribution < 1.29 is 28.5 Å². The Labute approximate surface area is 188 Å². The first-order valence-corrected chi connectivity index (χ1v) is 11.0. The minimum atomic E-state index is -0.955. The molecule has 7 nitrogen and oxygen atoms in total. The van der Waals surface area contributed by atoms with E-state index in [1.54, 1.807) is 32.2 Å². The van der Waals surface area contributed by atoms with E-state index in [2.05, 4.69) is 5.32 Å². The predicted molar refractivity (Wildman–Crippen MR) is 120 cm³/mol. The zero-order valence-corrected chi connectivity index (χ0v) is 18.4. The molecule has 0 saturated heterocycles. The first kappa shape index (κ1) is 20.4. The molecule has 0 saturated carbocycles. The van der Waals surface area contributed by atoms with Crippen LogP contribution in [0.3, 0.4) is 0 Å². The molecule has 8 heteroatoms. The fourth-order valence-corrected chi connectivity index (χ4v) is 4.98. The second-order valence-corrected chi connectivity index (χ2v) is 8.65. The summed E-state index contributed by atoms with van der Waals surface area (Å²) in [5, 5.41) is 2.74. The zero-order chi connectivity index (χ0) is 22.2. The van der Waals surface area contributed by atoms with E-state index in [1.807, 2.05) is 24.3 Å². The minimum absolute atomic E-state index is 0.156. The summed E-state index contributed by atoms with van der Waals surface area (Å²) in [6.45, 7) is 1.71. The Morgan fingerprint density at radius 2 is 1.84 bits per heavy atom. The summed E-state index contributed by atoms with van der Waals surface area (Å²) < 4.78 is 21.4. The lowest BCUT2D eigenvalue weighted by Gasteiger charge is -2.16. The number of ether oxygens (including phenoxy) is 4. The van der Waals surface area contributed by atoms with E-state index in [4.69, 9.17) is 18.9 Å². The molecule has 0 bridgehead atoms. The van der Waals surface area contributed by atoms with Gasteiger partial charge in [-0.2, -0.15) is 0 Å². The number of benzene rings is 2. The normalized spacial score (nSPS) is 14.2. The Bertz CT molecular complexity index is 1220. The maximum atomic E-state index is 12.7. The van der Waals surface area contributed by atoms with Crippen LogP contribution in [0.15, 0.2) is 42.5 Å². The number of carbonyl (C=O) groups excluding carboxylic acids is 2. The van der Waals surface area contributed by atoms with Gasteiger partial charge in [0.15, 0.2) is 17.6 Å². The molecule has 1 aromatic heterocycles.